The Kier molecular flexibility index (Phi) is 3.11. The van der Waals surface area contributed by atoms with Gasteiger partial charge >= 0.3 is 0 Å². The summed E-state index contributed by atoms with van der Waals surface area (Å²) in [6.07, 6.45) is 4.40. The molecule has 0 saturated carbocycles. The van der Waals surface area contributed by atoms with Gasteiger partial charge in [0.05, 0.1) is 28.4 Å². The summed E-state index contributed by atoms with van der Waals surface area (Å²) < 4.78 is 4.36. The minimum Gasteiger partial charge on any atom is -0.380 e. The van der Waals surface area contributed by atoms with Crippen LogP contribution in [-0.4, -0.2) is 24.4 Å². The van der Waals surface area contributed by atoms with E-state index in [4.69, 9.17) is 0 Å². The average Bonchev–Trinajstić information content (AvgIpc) is 2.83. The molecule has 0 aliphatic carbocycles. The van der Waals surface area contributed by atoms with E-state index in [1.807, 2.05) is 14.0 Å². The molecule has 0 bridgehead atoms. The van der Waals surface area contributed by atoms with Crippen LogP contribution in [0.4, 0.5) is 0 Å². The predicted molar refractivity (Wildman–Crippen MR) is 62.9 cm³/mol. The fourth-order valence-electron chi connectivity index (χ4n) is 1.61. The molecular formula is C10H13BrN4O. The second-order valence-electron chi connectivity index (χ2n) is 3.56. The summed E-state index contributed by atoms with van der Waals surface area (Å²) in [6.45, 7) is 2.69. The van der Waals surface area contributed by atoms with E-state index in [0.29, 0.717) is 12.2 Å². The van der Waals surface area contributed by atoms with Gasteiger partial charge in [0.25, 0.3) is 0 Å². The maximum absolute atomic E-state index is 10.2. The minimum atomic E-state index is -0.752. The molecule has 1 unspecified atom stereocenters. The van der Waals surface area contributed by atoms with Gasteiger partial charge in [0.15, 0.2) is 0 Å². The largest absolute Gasteiger partial charge is 0.380 e. The summed E-state index contributed by atoms with van der Waals surface area (Å²) in [5, 5.41) is 14.4. The molecular weight excluding hydrogens is 272 g/mol. The van der Waals surface area contributed by atoms with Gasteiger partial charge in [-0.2, -0.15) is 5.10 Å². The van der Waals surface area contributed by atoms with Gasteiger partial charge in [0.1, 0.15) is 6.10 Å². The van der Waals surface area contributed by atoms with E-state index in [2.05, 4.69) is 26.0 Å². The SMILES string of the molecule is CCn1ncc(Br)c1C(O)c1cn(C)cn1. The maximum Gasteiger partial charge on any atom is 0.140 e. The van der Waals surface area contributed by atoms with E-state index in [0.717, 1.165) is 10.2 Å². The van der Waals surface area contributed by atoms with Crippen LogP contribution in [0.5, 0.6) is 0 Å². The third-order valence-electron chi connectivity index (χ3n) is 2.40. The fourth-order valence-corrected chi connectivity index (χ4v) is 2.12. The number of aliphatic hydroxyl groups is 1. The van der Waals surface area contributed by atoms with E-state index in [1.165, 1.54) is 0 Å². The molecule has 2 rings (SSSR count). The lowest BCUT2D eigenvalue weighted by molar-refractivity contribution is 0.203. The monoisotopic (exact) mass is 284 g/mol. The van der Waals surface area contributed by atoms with Gasteiger partial charge in [-0.3, -0.25) is 4.68 Å². The second kappa shape index (κ2) is 4.39. The van der Waals surface area contributed by atoms with Gasteiger partial charge in [-0.05, 0) is 22.9 Å². The highest BCUT2D eigenvalue weighted by Gasteiger charge is 2.20. The molecule has 0 fully saturated rings. The predicted octanol–water partition coefficient (Wildman–Crippen LogP) is 1.48. The zero-order chi connectivity index (χ0) is 11.7. The van der Waals surface area contributed by atoms with Crippen molar-refractivity contribution >= 4 is 15.9 Å². The van der Waals surface area contributed by atoms with Gasteiger partial charge in [0.2, 0.25) is 0 Å². The van der Waals surface area contributed by atoms with Crippen molar-refractivity contribution in [3.8, 4) is 0 Å². The number of halogens is 1. The Morgan fingerprint density at radius 1 is 1.56 bits per heavy atom. The Morgan fingerprint density at radius 2 is 2.31 bits per heavy atom. The van der Waals surface area contributed by atoms with E-state index in [-0.39, 0.29) is 0 Å². The molecule has 0 aliphatic rings. The fraction of sp³-hybridized carbons (Fsp3) is 0.400. The molecule has 1 N–H and O–H groups in total. The van der Waals surface area contributed by atoms with E-state index >= 15 is 0 Å². The summed E-state index contributed by atoms with van der Waals surface area (Å²) in [7, 11) is 1.87. The molecule has 86 valence electrons. The Hall–Kier alpha value is -1.14. The third kappa shape index (κ3) is 1.90. The summed E-state index contributed by atoms with van der Waals surface area (Å²) in [5.74, 6) is 0. The van der Waals surface area contributed by atoms with Crippen LogP contribution in [0.3, 0.4) is 0 Å². The first-order valence-electron chi connectivity index (χ1n) is 5.00. The normalized spacial score (nSPS) is 13.0. The zero-order valence-electron chi connectivity index (χ0n) is 9.13. The summed E-state index contributed by atoms with van der Waals surface area (Å²) in [4.78, 5) is 4.14. The van der Waals surface area contributed by atoms with Gasteiger partial charge in [-0.1, -0.05) is 0 Å². The standard InChI is InChI=1S/C10H13BrN4O/c1-3-15-9(7(11)4-13-15)10(16)8-5-14(2)6-12-8/h4-6,10,16H,3H2,1-2H3. The lowest BCUT2D eigenvalue weighted by Gasteiger charge is -2.10. The average molecular weight is 285 g/mol. The van der Waals surface area contributed by atoms with Crippen LogP contribution in [0.1, 0.15) is 24.4 Å². The number of aromatic nitrogens is 4. The van der Waals surface area contributed by atoms with Crippen molar-refractivity contribution in [2.75, 3.05) is 0 Å². The van der Waals surface area contributed by atoms with Crippen molar-refractivity contribution in [3.05, 3.63) is 34.6 Å². The molecule has 6 heteroatoms. The Bertz CT molecular complexity index is 491. The molecule has 0 saturated heterocycles. The Balaban J connectivity index is 2.40. The van der Waals surface area contributed by atoms with Crippen molar-refractivity contribution in [1.29, 1.82) is 0 Å². The summed E-state index contributed by atoms with van der Waals surface area (Å²) in [6, 6.07) is 0. The quantitative estimate of drug-likeness (QED) is 0.929. The van der Waals surface area contributed by atoms with Crippen LogP contribution in [0.25, 0.3) is 0 Å². The van der Waals surface area contributed by atoms with E-state index < -0.39 is 6.10 Å². The van der Waals surface area contributed by atoms with Crippen LogP contribution in [-0.2, 0) is 13.6 Å². The molecule has 5 nitrogen and oxygen atoms in total. The smallest absolute Gasteiger partial charge is 0.140 e. The molecule has 0 aliphatic heterocycles. The molecule has 2 aromatic rings. The summed E-state index contributed by atoms with van der Waals surface area (Å²) in [5.41, 5.74) is 1.36. The van der Waals surface area contributed by atoms with Crippen molar-refractivity contribution < 1.29 is 5.11 Å². The third-order valence-corrected chi connectivity index (χ3v) is 3.01. The topological polar surface area (TPSA) is 55.9 Å². The highest BCUT2D eigenvalue weighted by Crippen LogP contribution is 2.27. The number of rotatable bonds is 3. The van der Waals surface area contributed by atoms with Crippen molar-refractivity contribution in [3.63, 3.8) is 0 Å². The highest BCUT2D eigenvalue weighted by atomic mass is 79.9. The number of imidazole rings is 1. The zero-order valence-corrected chi connectivity index (χ0v) is 10.7. The molecule has 0 radical (unpaired) electrons. The van der Waals surface area contributed by atoms with Crippen molar-refractivity contribution in [2.24, 2.45) is 7.05 Å². The molecule has 0 spiro atoms. The number of nitrogens with zero attached hydrogens (tertiary/aromatic N) is 4. The first-order valence-corrected chi connectivity index (χ1v) is 5.80. The lowest BCUT2D eigenvalue weighted by Crippen LogP contribution is -2.10. The van der Waals surface area contributed by atoms with Crippen LogP contribution >= 0.6 is 15.9 Å². The number of aliphatic hydroxyl groups excluding tert-OH is 1. The minimum absolute atomic E-state index is 0.624. The molecule has 1 atom stereocenters. The van der Waals surface area contributed by atoms with Crippen molar-refractivity contribution in [2.45, 2.75) is 19.6 Å². The van der Waals surface area contributed by atoms with E-state index in [9.17, 15) is 5.11 Å². The van der Waals surface area contributed by atoms with Crippen molar-refractivity contribution in [1.82, 2.24) is 19.3 Å². The summed E-state index contributed by atoms with van der Waals surface area (Å²) >= 11 is 3.38. The first kappa shape index (κ1) is 11.3. The van der Waals surface area contributed by atoms with Gasteiger partial charge in [-0.25, -0.2) is 4.98 Å². The van der Waals surface area contributed by atoms with Crippen LogP contribution in [0.15, 0.2) is 23.2 Å². The molecule has 0 amide bonds. The lowest BCUT2D eigenvalue weighted by atomic mass is 10.2. The number of hydrogen-bond acceptors (Lipinski definition) is 3. The van der Waals surface area contributed by atoms with Gasteiger partial charge < -0.3 is 9.67 Å². The number of aryl methyl sites for hydroxylation is 2. The van der Waals surface area contributed by atoms with Crippen LogP contribution in [0.2, 0.25) is 0 Å². The molecule has 16 heavy (non-hydrogen) atoms. The van der Waals surface area contributed by atoms with Gasteiger partial charge in [0, 0.05) is 19.8 Å². The van der Waals surface area contributed by atoms with E-state index in [1.54, 1.807) is 28.0 Å². The molecule has 2 aromatic heterocycles. The molecule has 2 heterocycles. The van der Waals surface area contributed by atoms with Gasteiger partial charge in [-0.15, -0.1) is 0 Å². The first-order chi connectivity index (χ1) is 7.63. The Morgan fingerprint density at radius 3 is 2.88 bits per heavy atom. The Labute approximate surface area is 102 Å². The maximum atomic E-state index is 10.2. The van der Waals surface area contributed by atoms with Crippen LogP contribution < -0.4 is 0 Å². The second-order valence-corrected chi connectivity index (χ2v) is 4.41. The number of hydrogen-bond donors (Lipinski definition) is 1. The molecule has 0 aromatic carbocycles. The highest BCUT2D eigenvalue weighted by molar-refractivity contribution is 9.10. The van der Waals surface area contributed by atoms with Crippen LogP contribution in [0, 0.1) is 0 Å².